The minimum atomic E-state index is -0.344. The summed E-state index contributed by atoms with van der Waals surface area (Å²) in [6.07, 6.45) is 6.45. The van der Waals surface area contributed by atoms with Crippen LogP contribution in [0.4, 0.5) is 0 Å². The molecular weight excluding hydrogens is 346 g/mol. The summed E-state index contributed by atoms with van der Waals surface area (Å²) >= 11 is 0. The Morgan fingerprint density at radius 1 is 0.929 bits per heavy atom. The Hall–Kier alpha value is -3.40. The number of benzene rings is 3. The molecule has 0 aliphatic carbocycles. The van der Waals surface area contributed by atoms with E-state index >= 15 is 0 Å². The van der Waals surface area contributed by atoms with Gasteiger partial charge in [-0.15, -0.1) is 0 Å². The predicted octanol–water partition coefficient (Wildman–Crippen LogP) is 4.49. The molecule has 0 amide bonds. The number of fused-ring (bicyclic) bond motifs is 1. The normalized spacial score (nSPS) is 18.8. The van der Waals surface area contributed by atoms with Gasteiger partial charge in [0, 0.05) is 24.4 Å². The SMILES string of the molecule is c1ccc(CC2(Cn3ccnc3)COC(c3ccc4ccccc4c3)=N2)cc1. The van der Waals surface area contributed by atoms with E-state index in [0.29, 0.717) is 6.61 Å². The Morgan fingerprint density at radius 3 is 2.57 bits per heavy atom. The molecule has 0 radical (unpaired) electrons. The van der Waals surface area contributed by atoms with E-state index in [1.165, 1.54) is 16.3 Å². The molecule has 0 saturated carbocycles. The van der Waals surface area contributed by atoms with Gasteiger partial charge in [0.25, 0.3) is 0 Å². The average molecular weight is 367 g/mol. The number of aliphatic imine (C=N–C) groups is 1. The van der Waals surface area contributed by atoms with Crippen LogP contribution in [0.1, 0.15) is 11.1 Å². The molecule has 0 spiro atoms. The second-order valence-corrected chi connectivity index (χ2v) is 7.39. The van der Waals surface area contributed by atoms with Crippen LogP contribution < -0.4 is 0 Å². The molecule has 0 N–H and O–H groups in total. The van der Waals surface area contributed by atoms with Gasteiger partial charge in [0.05, 0.1) is 12.9 Å². The summed E-state index contributed by atoms with van der Waals surface area (Å²) in [5.41, 5.74) is 1.94. The third kappa shape index (κ3) is 3.29. The zero-order valence-electron chi connectivity index (χ0n) is 15.5. The van der Waals surface area contributed by atoms with Crippen molar-refractivity contribution in [3.8, 4) is 0 Å². The van der Waals surface area contributed by atoms with Crippen molar-refractivity contribution in [1.82, 2.24) is 9.55 Å². The average Bonchev–Trinajstić information content (AvgIpc) is 3.39. The maximum atomic E-state index is 6.14. The minimum absolute atomic E-state index is 0.344. The molecule has 4 heteroatoms. The van der Waals surface area contributed by atoms with Crippen LogP contribution in [0, 0.1) is 0 Å². The summed E-state index contributed by atoms with van der Waals surface area (Å²) in [5, 5.41) is 2.42. The number of hydrogen-bond acceptors (Lipinski definition) is 3. The van der Waals surface area contributed by atoms with Crippen LogP contribution in [0.25, 0.3) is 10.8 Å². The van der Waals surface area contributed by atoms with Gasteiger partial charge in [0.15, 0.2) is 0 Å². The van der Waals surface area contributed by atoms with Gasteiger partial charge in [-0.1, -0.05) is 60.7 Å². The highest BCUT2D eigenvalue weighted by atomic mass is 16.5. The van der Waals surface area contributed by atoms with Crippen LogP contribution in [0.3, 0.4) is 0 Å². The van der Waals surface area contributed by atoms with Gasteiger partial charge in [0.2, 0.25) is 5.90 Å². The van der Waals surface area contributed by atoms with Gasteiger partial charge in [-0.3, -0.25) is 0 Å². The highest BCUT2D eigenvalue weighted by Gasteiger charge is 2.37. The first-order valence-electron chi connectivity index (χ1n) is 9.51. The lowest BCUT2D eigenvalue weighted by Crippen LogP contribution is -2.36. The summed E-state index contributed by atoms with van der Waals surface area (Å²) < 4.78 is 8.22. The Kier molecular flexibility index (Phi) is 4.17. The standard InChI is InChI=1S/C24H21N3O/c1-2-6-19(7-3-1)15-24(16-27-13-12-25-18-27)17-28-23(26-24)22-11-10-20-8-4-5-9-21(20)14-22/h1-14,18H,15-17H2. The molecule has 28 heavy (non-hydrogen) atoms. The van der Waals surface area contributed by atoms with E-state index in [9.17, 15) is 0 Å². The van der Waals surface area contributed by atoms with Crippen molar-refractivity contribution in [2.75, 3.05) is 6.61 Å². The smallest absolute Gasteiger partial charge is 0.216 e. The Morgan fingerprint density at radius 2 is 1.75 bits per heavy atom. The highest BCUT2D eigenvalue weighted by Crippen LogP contribution is 2.29. The van der Waals surface area contributed by atoms with Gasteiger partial charge in [-0.2, -0.15) is 0 Å². The third-order valence-electron chi connectivity index (χ3n) is 5.22. The van der Waals surface area contributed by atoms with Gasteiger partial charge < -0.3 is 9.30 Å². The second kappa shape index (κ2) is 6.97. The number of aromatic nitrogens is 2. The van der Waals surface area contributed by atoms with E-state index in [1.807, 2.05) is 18.6 Å². The zero-order chi connectivity index (χ0) is 18.8. The van der Waals surface area contributed by atoms with Crippen molar-refractivity contribution in [3.05, 3.63) is 103 Å². The summed E-state index contributed by atoms with van der Waals surface area (Å²) in [5.74, 6) is 0.724. The van der Waals surface area contributed by atoms with Crippen LogP contribution in [0.2, 0.25) is 0 Å². The number of ether oxygens (including phenoxy) is 1. The van der Waals surface area contributed by atoms with E-state index in [4.69, 9.17) is 9.73 Å². The van der Waals surface area contributed by atoms with Crippen molar-refractivity contribution in [3.63, 3.8) is 0 Å². The fraction of sp³-hybridized carbons (Fsp3) is 0.167. The largest absolute Gasteiger partial charge is 0.475 e. The molecule has 1 aliphatic rings. The monoisotopic (exact) mass is 367 g/mol. The minimum Gasteiger partial charge on any atom is -0.475 e. The van der Waals surface area contributed by atoms with E-state index < -0.39 is 0 Å². The molecule has 1 aliphatic heterocycles. The molecule has 1 aromatic heterocycles. The molecule has 138 valence electrons. The third-order valence-corrected chi connectivity index (χ3v) is 5.22. The van der Waals surface area contributed by atoms with Crippen molar-refractivity contribution in [1.29, 1.82) is 0 Å². The highest BCUT2D eigenvalue weighted by molar-refractivity contribution is 5.99. The lowest BCUT2D eigenvalue weighted by molar-refractivity contribution is 0.233. The van der Waals surface area contributed by atoms with Gasteiger partial charge in [-0.05, 0) is 28.5 Å². The summed E-state index contributed by atoms with van der Waals surface area (Å²) in [6.45, 7) is 1.29. The van der Waals surface area contributed by atoms with E-state index in [0.717, 1.165) is 24.4 Å². The predicted molar refractivity (Wildman–Crippen MR) is 112 cm³/mol. The molecule has 1 unspecified atom stereocenters. The molecule has 5 rings (SSSR count). The van der Waals surface area contributed by atoms with Gasteiger partial charge in [0.1, 0.15) is 12.1 Å². The van der Waals surface area contributed by atoms with Gasteiger partial charge >= 0.3 is 0 Å². The first-order valence-corrected chi connectivity index (χ1v) is 9.51. The molecule has 1 atom stereocenters. The topological polar surface area (TPSA) is 39.4 Å². The molecule has 4 aromatic rings. The molecule has 0 fully saturated rings. The van der Waals surface area contributed by atoms with Crippen LogP contribution in [0.15, 0.2) is 96.5 Å². The van der Waals surface area contributed by atoms with Crippen molar-refractivity contribution < 1.29 is 4.74 Å². The molecule has 2 heterocycles. The number of nitrogens with zero attached hydrogens (tertiary/aromatic N) is 3. The summed E-state index contributed by atoms with van der Waals surface area (Å²) in [6, 6.07) is 25.2. The molecular formula is C24H21N3O. The summed E-state index contributed by atoms with van der Waals surface area (Å²) in [7, 11) is 0. The first kappa shape index (κ1) is 16.8. The van der Waals surface area contributed by atoms with Crippen LogP contribution >= 0.6 is 0 Å². The number of imidazole rings is 1. The van der Waals surface area contributed by atoms with E-state index in [-0.39, 0.29) is 5.54 Å². The molecule has 4 nitrogen and oxygen atoms in total. The Bertz CT molecular complexity index is 1120. The van der Waals surface area contributed by atoms with Crippen LogP contribution in [-0.2, 0) is 17.7 Å². The van der Waals surface area contributed by atoms with E-state index in [2.05, 4.69) is 76.3 Å². The maximum Gasteiger partial charge on any atom is 0.216 e. The molecule has 0 saturated heterocycles. The Balaban J connectivity index is 1.52. The molecule has 0 bridgehead atoms. The lowest BCUT2D eigenvalue weighted by Gasteiger charge is -2.24. The number of rotatable bonds is 5. The fourth-order valence-corrected chi connectivity index (χ4v) is 3.88. The first-order chi connectivity index (χ1) is 13.8. The van der Waals surface area contributed by atoms with Gasteiger partial charge in [-0.25, -0.2) is 9.98 Å². The van der Waals surface area contributed by atoms with Crippen LogP contribution in [-0.4, -0.2) is 27.6 Å². The lowest BCUT2D eigenvalue weighted by atomic mass is 9.92. The second-order valence-electron chi connectivity index (χ2n) is 7.39. The Labute approximate surface area is 164 Å². The van der Waals surface area contributed by atoms with Crippen molar-refractivity contribution in [2.24, 2.45) is 4.99 Å². The maximum absolute atomic E-state index is 6.14. The zero-order valence-corrected chi connectivity index (χ0v) is 15.5. The van der Waals surface area contributed by atoms with Crippen molar-refractivity contribution in [2.45, 2.75) is 18.5 Å². The number of hydrogen-bond donors (Lipinski definition) is 0. The van der Waals surface area contributed by atoms with Crippen molar-refractivity contribution >= 4 is 16.7 Å². The summed E-state index contributed by atoms with van der Waals surface area (Å²) in [4.78, 5) is 9.30. The fourth-order valence-electron chi connectivity index (χ4n) is 3.88. The van der Waals surface area contributed by atoms with Crippen LogP contribution in [0.5, 0.6) is 0 Å². The van der Waals surface area contributed by atoms with E-state index in [1.54, 1.807) is 6.20 Å². The quantitative estimate of drug-likeness (QED) is 0.521. The molecule has 3 aromatic carbocycles.